The van der Waals surface area contributed by atoms with Gasteiger partial charge in [-0.1, -0.05) is 19.1 Å². The third-order valence-electron chi connectivity index (χ3n) is 2.78. The lowest BCUT2D eigenvalue weighted by Gasteiger charge is -2.22. The molecule has 0 fully saturated rings. The highest BCUT2D eigenvalue weighted by Gasteiger charge is 2.09. The second kappa shape index (κ2) is 6.51. The molecular formula is C13H22N2O. The summed E-state index contributed by atoms with van der Waals surface area (Å²) in [4.78, 5) is 2.08. The van der Waals surface area contributed by atoms with Crippen molar-refractivity contribution in [3.8, 4) is 5.75 Å². The van der Waals surface area contributed by atoms with Gasteiger partial charge in [-0.05, 0) is 38.2 Å². The van der Waals surface area contributed by atoms with Crippen LogP contribution in [0.25, 0.3) is 0 Å². The average Bonchev–Trinajstić information content (AvgIpc) is 2.30. The van der Waals surface area contributed by atoms with Gasteiger partial charge in [0.2, 0.25) is 0 Å². The Hall–Kier alpha value is -1.06. The van der Waals surface area contributed by atoms with Crippen LogP contribution in [0.15, 0.2) is 24.3 Å². The van der Waals surface area contributed by atoms with Crippen LogP contribution < -0.4 is 10.5 Å². The normalized spacial score (nSPS) is 12.8. The fraction of sp³-hybridized carbons (Fsp3) is 0.538. The monoisotopic (exact) mass is 222 g/mol. The van der Waals surface area contributed by atoms with Gasteiger partial charge in [0.1, 0.15) is 12.4 Å². The number of hydrogen-bond donors (Lipinski definition) is 1. The summed E-state index contributed by atoms with van der Waals surface area (Å²) in [6.45, 7) is 3.39. The standard InChI is InChI=1S/C13H22N2O/c1-4-11-5-7-13(8-6-11)16-10-12(9-14)15(2)3/h5-8,12H,4,9-10,14H2,1-3H3. The van der Waals surface area contributed by atoms with Gasteiger partial charge in [0.05, 0.1) is 6.04 Å². The minimum Gasteiger partial charge on any atom is -0.492 e. The van der Waals surface area contributed by atoms with E-state index in [0.29, 0.717) is 13.2 Å². The molecule has 0 bridgehead atoms. The molecule has 1 aromatic rings. The fourth-order valence-corrected chi connectivity index (χ4v) is 1.44. The average molecular weight is 222 g/mol. The van der Waals surface area contributed by atoms with Gasteiger partial charge in [0.25, 0.3) is 0 Å². The minimum atomic E-state index is 0.269. The van der Waals surface area contributed by atoms with Crippen molar-refractivity contribution in [3.63, 3.8) is 0 Å². The van der Waals surface area contributed by atoms with Gasteiger partial charge in [-0.25, -0.2) is 0 Å². The van der Waals surface area contributed by atoms with Gasteiger partial charge < -0.3 is 15.4 Å². The lowest BCUT2D eigenvalue weighted by atomic mass is 10.2. The van der Waals surface area contributed by atoms with E-state index in [1.165, 1.54) is 5.56 Å². The highest BCUT2D eigenvalue weighted by atomic mass is 16.5. The van der Waals surface area contributed by atoms with E-state index < -0.39 is 0 Å². The van der Waals surface area contributed by atoms with Crippen LogP contribution in [0.5, 0.6) is 5.75 Å². The van der Waals surface area contributed by atoms with Crippen molar-refractivity contribution in [2.24, 2.45) is 5.73 Å². The van der Waals surface area contributed by atoms with Crippen molar-refractivity contribution in [1.29, 1.82) is 0 Å². The molecular weight excluding hydrogens is 200 g/mol. The quantitative estimate of drug-likeness (QED) is 0.793. The van der Waals surface area contributed by atoms with E-state index in [-0.39, 0.29) is 6.04 Å². The highest BCUT2D eigenvalue weighted by Crippen LogP contribution is 2.13. The Morgan fingerprint density at radius 3 is 2.31 bits per heavy atom. The first-order valence-electron chi connectivity index (χ1n) is 5.75. The molecule has 1 rings (SSSR count). The molecule has 2 N–H and O–H groups in total. The first-order chi connectivity index (χ1) is 7.67. The maximum Gasteiger partial charge on any atom is 0.119 e. The zero-order valence-electron chi connectivity index (χ0n) is 10.4. The molecule has 0 amide bonds. The van der Waals surface area contributed by atoms with Gasteiger partial charge in [-0.3, -0.25) is 0 Å². The molecule has 0 saturated heterocycles. The molecule has 1 atom stereocenters. The third kappa shape index (κ3) is 3.83. The molecule has 1 unspecified atom stereocenters. The Labute approximate surface area is 98.2 Å². The molecule has 0 aliphatic carbocycles. The zero-order chi connectivity index (χ0) is 12.0. The predicted molar refractivity (Wildman–Crippen MR) is 67.8 cm³/mol. The number of nitrogens with zero attached hydrogens (tertiary/aromatic N) is 1. The largest absolute Gasteiger partial charge is 0.492 e. The van der Waals surface area contributed by atoms with E-state index >= 15 is 0 Å². The number of nitrogens with two attached hydrogens (primary N) is 1. The van der Waals surface area contributed by atoms with Crippen molar-refractivity contribution in [2.75, 3.05) is 27.2 Å². The molecule has 0 heterocycles. The van der Waals surface area contributed by atoms with Crippen LogP contribution in [-0.2, 0) is 6.42 Å². The van der Waals surface area contributed by atoms with Gasteiger partial charge in [0, 0.05) is 6.54 Å². The van der Waals surface area contributed by atoms with Crippen molar-refractivity contribution >= 4 is 0 Å². The summed E-state index contributed by atoms with van der Waals surface area (Å²) in [7, 11) is 4.03. The Kier molecular flexibility index (Phi) is 5.29. The molecule has 0 aliphatic heterocycles. The highest BCUT2D eigenvalue weighted by molar-refractivity contribution is 5.27. The molecule has 1 aromatic carbocycles. The summed E-state index contributed by atoms with van der Waals surface area (Å²) in [5.41, 5.74) is 6.99. The molecule has 0 aliphatic rings. The lowest BCUT2D eigenvalue weighted by molar-refractivity contribution is 0.190. The molecule has 0 radical (unpaired) electrons. The number of hydrogen-bond acceptors (Lipinski definition) is 3. The number of likely N-dealkylation sites (N-methyl/N-ethyl adjacent to an activating group) is 1. The predicted octanol–water partition coefficient (Wildman–Crippen LogP) is 1.52. The van der Waals surface area contributed by atoms with Crippen molar-refractivity contribution < 1.29 is 4.74 Å². The Morgan fingerprint density at radius 1 is 1.25 bits per heavy atom. The number of benzene rings is 1. The SMILES string of the molecule is CCc1ccc(OCC(CN)N(C)C)cc1. The van der Waals surface area contributed by atoms with E-state index in [0.717, 1.165) is 12.2 Å². The van der Waals surface area contributed by atoms with Crippen molar-refractivity contribution in [2.45, 2.75) is 19.4 Å². The second-order valence-corrected chi connectivity index (χ2v) is 4.16. The molecule has 16 heavy (non-hydrogen) atoms. The van der Waals surface area contributed by atoms with Crippen LogP contribution in [0, 0.1) is 0 Å². The summed E-state index contributed by atoms with van der Waals surface area (Å²) >= 11 is 0. The van der Waals surface area contributed by atoms with Crippen LogP contribution in [0.4, 0.5) is 0 Å². The first-order valence-corrected chi connectivity index (χ1v) is 5.75. The molecule has 3 heteroatoms. The van der Waals surface area contributed by atoms with Gasteiger partial charge in [-0.15, -0.1) is 0 Å². The smallest absolute Gasteiger partial charge is 0.119 e. The lowest BCUT2D eigenvalue weighted by Crippen LogP contribution is -2.39. The van der Waals surface area contributed by atoms with Crippen molar-refractivity contribution in [3.05, 3.63) is 29.8 Å². The maximum atomic E-state index is 5.70. The molecule has 90 valence electrons. The summed E-state index contributed by atoms with van der Waals surface area (Å²) in [5, 5.41) is 0. The summed E-state index contributed by atoms with van der Waals surface area (Å²) in [6.07, 6.45) is 1.06. The van der Waals surface area contributed by atoms with E-state index in [1.807, 2.05) is 26.2 Å². The van der Waals surface area contributed by atoms with E-state index in [9.17, 15) is 0 Å². The molecule has 0 spiro atoms. The van der Waals surface area contributed by atoms with E-state index in [1.54, 1.807) is 0 Å². The number of aryl methyl sites for hydroxylation is 1. The Balaban J connectivity index is 2.47. The summed E-state index contributed by atoms with van der Waals surface area (Å²) in [5.74, 6) is 0.914. The zero-order valence-corrected chi connectivity index (χ0v) is 10.4. The van der Waals surface area contributed by atoms with Crippen LogP contribution in [-0.4, -0.2) is 38.2 Å². The molecule has 0 saturated carbocycles. The van der Waals surface area contributed by atoms with Crippen LogP contribution in [0.3, 0.4) is 0 Å². The van der Waals surface area contributed by atoms with E-state index in [4.69, 9.17) is 10.5 Å². The van der Waals surface area contributed by atoms with Gasteiger partial charge >= 0.3 is 0 Å². The molecule has 3 nitrogen and oxygen atoms in total. The summed E-state index contributed by atoms with van der Waals surface area (Å²) < 4.78 is 5.70. The number of ether oxygens (including phenoxy) is 1. The van der Waals surface area contributed by atoms with Crippen molar-refractivity contribution in [1.82, 2.24) is 4.90 Å². The van der Waals surface area contributed by atoms with Crippen LogP contribution in [0.2, 0.25) is 0 Å². The fourth-order valence-electron chi connectivity index (χ4n) is 1.44. The van der Waals surface area contributed by atoms with Gasteiger partial charge in [-0.2, -0.15) is 0 Å². The topological polar surface area (TPSA) is 38.5 Å². The van der Waals surface area contributed by atoms with Crippen LogP contribution >= 0.6 is 0 Å². The van der Waals surface area contributed by atoms with Crippen LogP contribution in [0.1, 0.15) is 12.5 Å². The third-order valence-corrected chi connectivity index (χ3v) is 2.78. The first kappa shape index (κ1) is 13.0. The molecule has 0 aromatic heterocycles. The Morgan fingerprint density at radius 2 is 1.88 bits per heavy atom. The number of rotatable bonds is 6. The Bertz CT molecular complexity index is 295. The summed E-state index contributed by atoms with van der Waals surface area (Å²) in [6, 6.07) is 8.50. The maximum absolute atomic E-state index is 5.70. The minimum absolute atomic E-state index is 0.269. The van der Waals surface area contributed by atoms with Gasteiger partial charge in [0.15, 0.2) is 0 Å². The second-order valence-electron chi connectivity index (χ2n) is 4.16. The van der Waals surface area contributed by atoms with E-state index in [2.05, 4.69) is 24.0 Å².